The van der Waals surface area contributed by atoms with Crippen molar-refractivity contribution in [2.75, 3.05) is 6.61 Å². The molecule has 1 heterocycles. The van der Waals surface area contributed by atoms with Crippen molar-refractivity contribution >= 4 is 0 Å². The molecule has 0 aliphatic heterocycles. The van der Waals surface area contributed by atoms with Crippen LogP contribution in [0.5, 0.6) is 5.88 Å². The lowest BCUT2D eigenvalue weighted by atomic mass is 10.3. The first-order valence-electron chi connectivity index (χ1n) is 5.06. The molecule has 0 saturated heterocycles. The topological polar surface area (TPSA) is 27.1 Å². The van der Waals surface area contributed by atoms with Gasteiger partial charge in [0.2, 0.25) is 5.88 Å². The lowest BCUT2D eigenvalue weighted by molar-refractivity contribution is 0.316. The summed E-state index contributed by atoms with van der Waals surface area (Å²) in [7, 11) is 0. The Kier molecular flexibility index (Phi) is 2.72. The lowest BCUT2D eigenvalue weighted by Gasteiger charge is -2.06. The van der Waals surface area contributed by atoms with E-state index in [1.54, 1.807) is 0 Å². The maximum Gasteiger partial charge on any atom is 0.216 e. The van der Waals surface area contributed by atoms with Crippen LogP contribution in [0.2, 0.25) is 0 Å². The molecule has 0 aliphatic carbocycles. The third kappa shape index (κ3) is 2.01. The van der Waals surface area contributed by atoms with Crippen LogP contribution in [-0.2, 0) is 0 Å². The molecule has 0 bridgehead atoms. The van der Waals surface area contributed by atoms with Crippen LogP contribution >= 0.6 is 0 Å². The van der Waals surface area contributed by atoms with Gasteiger partial charge in [0.15, 0.2) is 0 Å². The molecule has 3 nitrogen and oxygen atoms in total. The van der Waals surface area contributed by atoms with E-state index in [4.69, 9.17) is 4.74 Å². The number of para-hydroxylation sites is 1. The first kappa shape index (κ1) is 9.77. The van der Waals surface area contributed by atoms with Crippen LogP contribution in [0.3, 0.4) is 0 Å². The highest BCUT2D eigenvalue weighted by Crippen LogP contribution is 2.18. The average Bonchev–Trinajstić information content (AvgIpc) is 2.62. The van der Waals surface area contributed by atoms with E-state index in [0.29, 0.717) is 6.61 Å². The molecule has 2 rings (SSSR count). The van der Waals surface area contributed by atoms with Gasteiger partial charge in [0.25, 0.3) is 0 Å². The molecule has 1 aromatic heterocycles. The van der Waals surface area contributed by atoms with Crippen molar-refractivity contribution in [1.82, 2.24) is 9.78 Å². The molecule has 0 spiro atoms. The molecule has 0 saturated carbocycles. The number of aryl methyl sites for hydroxylation is 1. The Morgan fingerprint density at radius 1 is 1.27 bits per heavy atom. The third-order valence-corrected chi connectivity index (χ3v) is 2.09. The molecule has 0 fully saturated rings. The maximum absolute atomic E-state index is 5.51. The van der Waals surface area contributed by atoms with E-state index in [1.807, 2.05) is 54.9 Å². The van der Waals surface area contributed by atoms with Crippen molar-refractivity contribution in [2.24, 2.45) is 0 Å². The lowest BCUT2D eigenvalue weighted by Crippen LogP contribution is -2.02. The zero-order chi connectivity index (χ0) is 10.7. The Balaban J connectivity index is 2.43. The van der Waals surface area contributed by atoms with Crippen molar-refractivity contribution in [3.8, 4) is 11.6 Å². The number of nitrogens with zero attached hydrogens (tertiary/aromatic N) is 2. The second-order valence-electron chi connectivity index (χ2n) is 3.30. The van der Waals surface area contributed by atoms with Crippen LogP contribution in [-0.4, -0.2) is 16.4 Å². The van der Waals surface area contributed by atoms with Crippen LogP contribution in [0, 0.1) is 6.92 Å². The van der Waals surface area contributed by atoms with Gasteiger partial charge in [0.1, 0.15) is 0 Å². The van der Waals surface area contributed by atoms with E-state index < -0.39 is 0 Å². The summed E-state index contributed by atoms with van der Waals surface area (Å²) >= 11 is 0. The quantitative estimate of drug-likeness (QED) is 0.764. The molecule has 0 amide bonds. The van der Waals surface area contributed by atoms with E-state index in [0.717, 1.165) is 17.3 Å². The molecule has 0 unspecified atom stereocenters. The van der Waals surface area contributed by atoms with Gasteiger partial charge in [-0.2, -0.15) is 5.10 Å². The molecule has 0 atom stereocenters. The molecular formula is C12H14N2O. The van der Waals surface area contributed by atoms with Crippen LogP contribution in [0.15, 0.2) is 36.4 Å². The van der Waals surface area contributed by atoms with Crippen LogP contribution in [0.4, 0.5) is 0 Å². The molecule has 0 aliphatic rings. The van der Waals surface area contributed by atoms with Gasteiger partial charge in [-0.15, -0.1) is 0 Å². The zero-order valence-corrected chi connectivity index (χ0v) is 8.97. The highest BCUT2D eigenvalue weighted by atomic mass is 16.5. The average molecular weight is 202 g/mol. The second-order valence-corrected chi connectivity index (χ2v) is 3.30. The molecule has 0 radical (unpaired) electrons. The number of hydrogen-bond donors (Lipinski definition) is 0. The second kappa shape index (κ2) is 4.17. The third-order valence-electron chi connectivity index (χ3n) is 2.09. The van der Waals surface area contributed by atoms with Crippen LogP contribution < -0.4 is 4.74 Å². The Morgan fingerprint density at radius 3 is 2.67 bits per heavy atom. The fraction of sp³-hybridized carbons (Fsp3) is 0.250. The molecule has 3 heteroatoms. The number of rotatable bonds is 3. The van der Waals surface area contributed by atoms with Crippen molar-refractivity contribution in [2.45, 2.75) is 13.8 Å². The predicted molar refractivity (Wildman–Crippen MR) is 59.5 cm³/mol. The zero-order valence-electron chi connectivity index (χ0n) is 8.97. The minimum atomic E-state index is 0.651. The standard InChI is InChI=1S/C12H14N2O/c1-3-15-12-9-10(2)13-14(12)11-7-5-4-6-8-11/h4-9H,3H2,1-2H3. The molecular weight excluding hydrogens is 188 g/mol. The molecule has 0 N–H and O–H groups in total. The first-order valence-corrected chi connectivity index (χ1v) is 5.06. The van der Waals surface area contributed by atoms with Gasteiger partial charge in [-0.1, -0.05) is 18.2 Å². The molecule has 1 aromatic carbocycles. The van der Waals surface area contributed by atoms with Crippen molar-refractivity contribution < 1.29 is 4.74 Å². The van der Waals surface area contributed by atoms with Crippen LogP contribution in [0.25, 0.3) is 5.69 Å². The van der Waals surface area contributed by atoms with Gasteiger partial charge in [-0.25, -0.2) is 4.68 Å². The van der Waals surface area contributed by atoms with Gasteiger partial charge in [-0.3, -0.25) is 0 Å². The summed E-state index contributed by atoms with van der Waals surface area (Å²) in [6.07, 6.45) is 0. The number of ether oxygens (including phenoxy) is 1. The van der Waals surface area contributed by atoms with E-state index in [9.17, 15) is 0 Å². The Bertz CT molecular complexity index is 434. The largest absolute Gasteiger partial charge is 0.478 e. The number of benzene rings is 1. The summed E-state index contributed by atoms with van der Waals surface area (Å²) < 4.78 is 7.33. The van der Waals surface area contributed by atoms with Gasteiger partial charge in [0, 0.05) is 6.07 Å². The van der Waals surface area contributed by atoms with Gasteiger partial charge in [-0.05, 0) is 26.0 Å². The van der Waals surface area contributed by atoms with Gasteiger partial charge < -0.3 is 4.74 Å². The van der Waals surface area contributed by atoms with Crippen molar-refractivity contribution in [3.63, 3.8) is 0 Å². The smallest absolute Gasteiger partial charge is 0.216 e. The number of aromatic nitrogens is 2. The predicted octanol–water partition coefficient (Wildman–Crippen LogP) is 2.58. The van der Waals surface area contributed by atoms with Gasteiger partial charge >= 0.3 is 0 Å². The fourth-order valence-corrected chi connectivity index (χ4v) is 1.48. The summed E-state index contributed by atoms with van der Waals surface area (Å²) in [5, 5.41) is 4.39. The van der Waals surface area contributed by atoms with E-state index >= 15 is 0 Å². The molecule has 2 aromatic rings. The maximum atomic E-state index is 5.51. The Labute approximate surface area is 89.3 Å². The summed E-state index contributed by atoms with van der Waals surface area (Å²) in [4.78, 5) is 0. The Hall–Kier alpha value is -1.77. The van der Waals surface area contributed by atoms with Crippen molar-refractivity contribution in [3.05, 3.63) is 42.1 Å². The van der Waals surface area contributed by atoms with Crippen LogP contribution in [0.1, 0.15) is 12.6 Å². The van der Waals surface area contributed by atoms with E-state index in [-0.39, 0.29) is 0 Å². The summed E-state index contributed by atoms with van der Waals surface area (Å²) in [5.74, 6) is 0.793. The number of hydrogen-bond acceptors (Lipinski definition) is 2. The molecule has 15 heavy (non-hydrogen) atoms. The highest BCUT2D eigenvalue weighted by molar-refractivity contribution is 5.35. The molecule has 78 valence electrons. The van der Waals surface area contributed by atoms with Gasteiger partial charge in [0.05, 0.1) is 18.0 Å². The normalized spacial score (nSPS) is 10.3. The monoisotopic (exact) mass is 202 g/mol. The minimum absolute atomic E-state index is 0.651. The first-order chi connectivity index (χ1) is 7.31. The minimum Gasteiger partial charge on any atom is -0.478 e. The summed E-state index contributed by atoms with van der Waals surface area (Å²) in [6.45, 7) is 4.58. The highest BCUT2D eigenvalue weighted by Gasteiger charge is 2.06. The SMILES string of the molecule is CCOc1cc(C)nn1-c1ccccc1. The Morgan fingerprint density at radius 2 is 2.00 bits per heavy atom. The summed E-state index contributed by atoms with van der Waals surface area (Å²) in [5.41, 5.74) is 1.98. The van der Waals surface area contributed by atoms with Crippen molar-refractivity contribution in [1.29, 1.82) is 0 Å². The van der Waals surface area contributed by atoms with E-state index in [1.165, 1.54) is 0 Å². The summed E-state index contributed by atoms with van der Waals surface area (Å²) in [6, 6.07) is 11.9. The fourth-order valence-electron chi connectivity index (χ4n) is 1.48. The van der Waals surface area contributed by atoms with E-state index in [2.05, 4.69) is 5.10 Å².